The number of carbonyl (C=O) groups is 2. The Balaban J connectivity index is 1.63. The predicted octanol–water partition coefficient (Wildman–Crippen LogP) is 2.86. The molecule has 0 aliphatic carbocycles. The summed E-state index contributed by atoms with van der Waals surface area (Å²) in [6.07, 6.45) is 1.29. The van der Waals surface area contributed by atoms with Gasteiger partial charge in [0.2, 0.25) is 0 Å². The van der Waals surface area contributed by atoms with Crippen LogP contribution in [0.15, 0.2) is 41.5 Å². The number of aromatic nitrogens is 2. The van der Waals surface area contributed by atoms with Crippen molar-refractivity contribution in [3.63, 3.8) is 0 Å². The topological polar surface area (TPSA) is 99.5 Å². The number of amides is 1. The largest absolute Gasteiger partial charge is 0.495 e. The standard InChI is InChI=1S/C21H20ClN3O5/c1-12-5-4-6-14-20(12)23-11-25(21(14)28)9-19(27)30-10-18(26)24-16-7-13(2)15(22)8-17(16)29-3/h4-8,11H,9-10H2,1-3H3,(H,24,26). The summed E-state index contributed by atoms with van der Waals surface area (Å²) in [5.74, 6) is -0.905. The molecule has 8 nitrogen and oxygen atoms in total. The van der Waals surface area contributed by atoms with Crippen molar-refractivity contribution >= 4 is 40.1 Å². The van der Waals surface area contributed by atoms with E-state index in [1.807, 2.05) is 13.0 Å². The van der Waals surface area contributed by atoms with Crippen molar-refractivity contribution < 1.29 is 19.1 Å². The second-order valence-corrected chi connectivity index (χ2v) is 7.07. The van der Waals surface area contributed by atoms with Crippen molar-refractivity contribution in [1.29, 1.82) is 0 Å². The molecule has 0 unspecified atom stereocenters. The summed E-state index contributed by atoms with van der Waals surface area (Å²) >= 11 is 6.04. The van der Waals surface area contributed by atoms with Gasteiger partial charge in [-0.15, -0.1) is 0 Å². The van der Waals surface area contributed by atoms with Gasteiger partial charge in [-0.05, 0) is 37.1 Å². The molecule has 1 amide bonds. The van der Waals surface area contributed by atoms with Gasteiger partial charge in [-0.1, -0.05) is 23.7 Å². The Kier molecular flexibility index (Phi) is 6.37. The van der Waals surface area contributed by atoms with Crippen molar-refractivity contribution in [2.75, 3.05) is 19.0 Å². The average Bonchev–Trinajstić information content (AvgIpc) is 2.71. The Morgan fingerprint density at radius 2 is 1.97 bits per heavy atom. The van der Waals surface area contributed by atoms with Crippen LogP contribution in [-0.4, -0.2) is 35.1 Å². The molecule has 1 N–H and O–H groups in total. The molecular formula is C21H20ClN3O5. The van der Waals surface area contributed by atoms with Gasteiger partial charge in [0.25, 0.3) is 11.5 Å². The SMILES string of the molecule is COc1cc(Cl)c(C)cc1NC(=O)COC(=O)Cn1cnc2c(C)cccc2c1=O. The minimum atomic E-state index is -0.736. The molecule has 0 saturated carbocycles. The molecule has 30 heavy (non-hydrogen) atoms. The van der Waals surface area contributed by atoms with E-state index in [2.05, 4.69) is 10.3 Å². The van der Waals surface area contributed by atoms with Crippen molar-refractivity contribution in [2.24, 2.45) is 0 Å². The first-order valence-corrected chi connectivity index (χ1v) is 9.42. The Labute approximate surface area is 177 Å². The number of nitrogens with one attached hydrogen (secondary N) is 1. The summed E-state index contributed by atoms with van der Waals surface area (Å²) in [4.78, 5) is 41.0. The molecule has 2 aromatic carbocycles. The number of nitrogens with zero attached hydrogens (tertiary/aromatic N) is 2. The van der Waals surface area contributed by atoms with Crippen molar-refractivity contribution in [2.45, 2.75) is 20.4 Å². The van der Waals surface area contributed by atoms with E-state index in [1.165, 1.54) is 13.4 Å². The van der Waals surface area contributed by atoms with E-state index in [4.69, 9.17) is 21.1 Å². The first kappa shape index (κ1) is 21.3. The molecule has 0 spiro atoms. The van der Waals surface area contributed by atoms with Crippen LogP contribution in [0.25, 0.3) is 10.9 Å². The molecule has 0 aliphatic heterocycles. The number of anilines is 1. The quantitative estimate of drug-likeness (QED) is 0.605. The van der Waals surface area contributed by atoms with Crippen LogP contribution in [0, 0.1) is 13.8 Å². The molecule has 0 saturated heterocycles. The summed E-state index contributed by atoms with van der Waals surface area (Å²) in [5, 5.41) is 3.52. The van der Waals surface area contributed by atoms with Gasteiger partial charge in [-0.3, -0.25) is 19.0 Å². The predicted molar refractivity (Wildman–Crippen MR) is 113 cm³/mol. The summed E-state index contributed by atoms with van der Waals surface area (Å²) in [5.41, 5.74) is 2.25. The van der Waals surface area contributed by atoms with Crippen LogP contribution in [0.4, 0.5) is 5.69 Å². The Morgan fingerprint density at radius 3 is 2.70 bits per heavy atom. The molecular weight excluding hydrogens is 410 g/mol. The van der Waals surface area contributed by atoms with Crippen LogP contribution in [-0.2, 0) is 20.9 Å². The van der Waals surface area contributed by atoms with Crippen LogP contribution in [0.2, 0.25) is 5.02 Å². The second-order valence-electron chi connectivity index (χ2n) is 6.66. The molecule has 0 aliphatic rings. The molecule has 0 radical (unpaired) electrons. The third-order valence-corrected chi connectivity index (χ3v) is 4.88. The lowest BCUT2D eigenvalue weighted by Gasteiger charge is -2.12. The van der Waals surface area contributed by atoms with Crippen molar-refractivity contribution in [3.05, 3.63) is 63.2 Å². The number of benzene rings is 2. The van der Waals surface area contributed by atoms with E-state index in [9.17, 15) is 14.4 Å². The number of esters is 1. The molecule has 3 aromatic rings. The lowest BCUT2D eigenvalue weighted by Crippen LogP contribution is -2.28. The maximum atomic E-state index is 12.5. The van der Waals surface area contributed by atoms with Crippen LogP contribution in [0.1, 0.15) is 11.1 Å². The van der Waals surface area contributed by atoms with Gasteiger partial charge in [-0.2, -0.15) is 0 Å². The highest BCUT2D eigenvalue weighted by molar-refractivity contribution is 6.31. The number of aryl methyl sites for hydroxylation is 2. The lowest BCUT2D eigenvalue weighted by molar-refractivity contribution is -0.147. The summed E-state index contributed by atoms with van der Waals surface area (Å²) in [6.45, 7) is 2.77. The highest BCUT2D eigenvalue weighted by atomic mass is 35.5. The maximum Gasteiger partial charge on any atom is 0.326 e. The highest BCUT2D eigenvalue weighted by Gasteiger charge is 2.14. The van der Waals surface area contributed by atoms with E-state index in [1.54, 1.807) is 31.2 Å². The van der Waals surface area contributed by atoms with Gasteiger partial charge in [-0.25, -0.2) is 4.98 Å². The number of hydrogen-bond donors (Lipinski definition) is 1. The molecule has 3 rings (SSSR count). The first-order valence-electron chi connectivity index (χ1n) is 9.04. The second kappa shape index (κ2) is 8.96. The Bertz CT molecular complexity index is 1190. The summed E-state index contributed by atoms with van der Waals surface area (Å²) in [7, 11) is 1.45. The van der Waals surface area contributed by atoms with Crippen molar-refractivity contribution in [1.82, 2.24) is 9.55 Å². The summed E-state index contributed by atoms with van der Waals surface area (Å²) in [6, 6.07) is 8.49. The van der Waals surface area contributed by atoms with Gasteiger partial charge in [0, 0.05) is 11.1 Å². The molecule has 0 atom stereocenters. The van der Waals surface area contributed by atoms with Gasteiger partial charge < -0.3 is 14.8 Å². The van der Waals surface area contributed by atoms with Crippen LogP contribution < -0.4 is 15.6 Å². The molecule has 156 valence electrons. The third-order valence-electron chi connectivity index (χ3n) is 4.47. The minimum Gasteiger partial charge on any atom is -0.495 e. The zero-order valence-corrected chi connectivity index (χ0v) is 17.4. The number of ether oxygens (including phenoxy) is 2. The first-order chi connectivity index (χ1) is 14.3. The summed E-state index contributed by atoms with van der Waals surface area (Å²) < 4.78 is 11.3. The highest BCUT2D eigenvalue weighted by Crippen LogP contribution is 2.30. The van der Waals surface area contributed by atoms with E-state index in [0.29, 0.717) is 27.4 Å². The van der Waals surface area contributed by atoms with Crippen molar-refractivity contribution in [3.8, 4) is 5.75 Å². The maximum absolute atomic E-state index is 12.5. The fraction of sp³-hybridized carbons (Fsp3) is 0.238. The van der Waals surface area contributed by atoms with E-state index in [-0.39, 0.29) is 12.1 Å². The van der Waals surface area contributed by atoms with Crippen LogP contribution in [0.5, 0.6) is 5.75 Å². The van der Waals surface area contributed by atoms with Gasteiger partial charge in [0.15, 0.2) is 6.61 Å². The molecule has 0 bridgehead atoms. The number of fused-ring (bicyclic) bond motifs is 1. The third kappa shape index (κ3) is 4.60. The van der Waals surface area contributed by atoms with Gasteiger partial charge >= 0.3 is 5.97 Å². The van der Waals surface area contributed by atoms with E-state index in [0.717, 1.165) is 15.7 Å². The number of carbonyl (C=O) groups excluding carboxylic acids is 2. The molecule has 9 heteroatoms. The van der Waals surface area contributed by atoms with Crippen LogP contribution >= 0.6 is 11.6 Å². The van der Waals surface area contributed by atoms with Crippen LogP contribution in [0.3, 0.4) is 0 Å². The van der Waals surface area contributed by atoms with E-state index < -0.39 is 18.5 Å². The monoisotopic (exact) mass is 429 g/mol. The Morgan fingerprint density at radius 1 is 1.20 bits per heavy atom. The fourth-order valence-electron chi connectivity index (χ4n) is 2.90. The zero-order chi connectivity index (χ0) is 21.8. The number of halogens is 1. The normalized spacial score (nSPS) is 10.7. The van der Waals surface area contributed by atoms with E-state index >= 15 is 0 Å². The smallest absolute Gasteiger partial charge is 0.326 e. The number of rotatable bonds is 6. The Hall–Kier alpha value is -3.39. The molecule has 1 heterocycles. The van der Waals surface area contributed by atoms with Gasteiger partial charge in [0.1, 0.15) is 12.3 Å². The zero-order valence-electron chi connectivity index (χ0n) is 16.7. The number of hydrogen-bond acceptors (Lipinski definition) is 6. The molecule has 1 aromatic heterocycles. The fourth-order valence-corrected chi connectivity index (χ4v) is 3.05. The number of methoxy groups -OCH3 is 1. The average molecular weight is 430 g/mol. The molecule has 0 fully saturated rings. The number of para-hydroxylation sites is 1. The van der Waals surface area contributed by atoms with Gasteiger partial charge in [0.05, 0.1) is 30.0 Å². The minimum absolute atomic E-state index is 0.355. The lowest BCUT2D eigenvalue weighted by atomic mass is 10.1.